The van der Waals surface area contributed by atoms with E-state index in [0.717, 1.165) is 73.9 Å². The molecular weight excluding hydrogens is 665 g/mol. The number of hydrogen-bond acceptors (Lipinski definition) is 8. The average molecular weight is 695 g/mol. The van der Waals surface area contributed by atoms with E-state index in [1.54, 1.807) is 22.7 Å². The van der Waals surface area contributed by atoms with Crippen LogP contribution in [0.4, 0.5) is 11.4 Å². The van der Waals surface area contributed by atoms with Gasteiger partial charge in [-0.2, -0.15) is 0 Å². The maximum Gasteiger partial charge on any atom is 0.124 e. The highest BCUT2D eigenvalue weighted by Gasteiger charge is 2.27. The summed E-state index contributed by atoms with van der Waals surface area (Å²) in [5.41, 5.74) is 8.29. The van der Waals surface area contributed by atoms with Crippen LogP contribution in [0.2, 0.25) is 0 Å². The Labute approximate surface area is 298 Å². The molecule has 8 aromatic rings. The molecule has 8 rings (SSSR count). The van der Waals surface area contributed by atoms with Crippen LogP contribution in [0.15, 0.2) is 155 Å². The molecule has 2 heterocycles. The van der Waals surface area contributed by atoms with E-state index in [2.05, 4.69) is 120 Å². The highest BCUT2D eigenvalue weighted by atomic mass is 32.1. The second kappa shape index (κ2) is 13.5. The topological polar surface area (TPSA) is 49.8 Å². The fraction of sp³-hybridized carbons (Fsp3) is 0.0500. The highest BCUT2D eigenvalue weighted by Crippen LogP contribution is 2.42. The van der Waals surface area contributed by atoms with E-state index in [4.69, 9.17) is 35.2 Å². The highest BCUT2D eigenvalue weighted by molar-refractivity contribution is 7.80. The van der Waals surface area contributed by atoms with Crippen molar-refractivity contribution in [3.05, 3.63) is 157 Å². The van der Waals surface area contributed by atoms with E-state index in [9.17, 15) is 0 Å². The Bertz CT molecular complexity index is 2160. The number of anilines is 2. The zero-order chi connectivity index (χ0) is 32.5. The minimum absolute atomic E-state index is 0.164. The number of hydrogen-bond donors (Lipinski definition) is 4. The number of nitrogens with one attached hydrogen (secondary N) is 2. The van der Waals surface area contributed by atoms with Gasteiger partial charge in [0.25, 0.3) is 0 Å². The Morgan fingerprint density at radius 2 is 0.812 bits per heavy atom. The van der Waals surface area contributed by atoms with Crippen molar-refractivity contribution in [3.8, 4) is 21.1 Å². The minimum atomic E-state index is -0.164. The molecule has 0 aliphatic rings. The fourth-order valence-corrected chi connectivity index (χ4v) is 8.43. The van der Waals surface area contributed by atoms with Gasteiger partial charge in [0.15, 0.2) is 0 Å². The molecular formula is C40H30N4S4. The van der Waals surface area contributed by atoms with E-state index >= 15 is 0 Å². The molecule has 0 radical (unpaired) electrons. The van der Waals surface area contributed by atoms with Crippen molar-refractivity contribution in [2.75, 3.05) is 10.6 Å². The van der Waals surface area contributed by atoms with Crippen molar-refractivity contribution >= 4 is 79.7 Å². The molecule has 0 spiro atoms. The standard InChI is InChI=1S/C40H30N4S4/c45-33-21-31-35(47-39(43-31)27-17-9-3-10-18-27)23-29(33)41-37(25-13-5-1-6-14-25)38(26-15-7-2-8-16-26)42-30-24-36-32(22-34(30)46)44-40(48-36)28-19-11-4-12-20-28/h1-24,37-38,41-42,45-46H/t37-,38-/m1/s1. The zero-order valence-corrected chi connectivity index (χ0v) is 29.0. The molecule has 0 saturated carbocycles. The summed E-state index contributed by atoms with van der Waals surface area (Å²) in [6.07, 6.45) is 0. The molecule has 2 N–H and O–H groups in total. The van der Waals surface area contributed by atoms with E-state index < -0.39 is 0 Å². The predicted molar refractivity (Wildman–Crippen MR) is 210 cm³/mol. The summed E-state index contributed by atoms with van der Waals surface area (Å²) in [6, 6.07) is 49.9. The lowest BCUT2D eigenvalue weighted by Crippen LogP contribution is -2.26. The van der Waals surface area contributed by atoms with Gasteiger partial charge in [0.05, 0.1) is 32.5 Å². The van der Waals surface area contributed by atoms with E-state index in [1.165, 1.54) is 0 Å². The van der Waals surface area contributed by atoms with Crippen molar-refractivity contribution in [2.24, 2.45) is 0 Å². The predicted octanol–water partition coefficient (Wildman–Crippen LogP) is 11.8. The summed E-state index contributed by atoms with van der Waals surface area (Å²) in [5.74, 6) is 0. The number of benzene rings is 6. The van der Waals surface area contributed by atoms with Crippen LogP contribution in [0.25, 0.3) is 41.6 Å². The monoisotopic (exact) mass is 694 g/mol. The van der Waals surface area contributed by atoms with Gasteiger partial charge in [-0.1, -0.05) is 121 Å². The Morgan fingerprint density at radius 3 is 1.19 bits per heavy atom. The molecule has 0 unspecified atom stereocenters. The van der Waals surface area contributed by atoms with Gasteiger partial charge in [0, 0.05) is 32.3 Å². The van der Waals surface area contributed by atoms with Crippen LogP contribution in [0, 0.1) is 0 Å². The molecule has 8 heteroatoms. The molecule has 0 aliphatic heterocycles. The quantitative estimate of drug-likeness (QED) is 0.114. The van der Waals surface area contributed by atoms with Gasteiger partial charge >= 0.3 is 0 Å². The first-order chi connectivity index (χ1) is 23.6. The summed E-state index contributed by atoms with van der Waals surface area (Å²) in [7, 11) is 0. The lowest BCUT2D eigenvalue weighted by Gasteiger charge is -2.32. The summed E-state index contributed by atoms with van der Waals surface area (Å²) in [4.78, 5) is 11.6. The van der Waals surface area contributed by atoms with Crippen LogP contribution in [0.1, 0.15) is 23.2 Å². The molecule has 0 fully saturated rings. The van der Waals surface area contributed by atoms with Crippen molar-refractivity contribution < 1.29 is 0 Å². The molecule has 4 nitrogen and oxygen atoms in total. The SMILES string of the molecule is Sc1cc2nc(-c3ccccc3)sc2cc1N[C@H](c1ccccc1)[C@H](Nc1cc2sc(-c3ccccc3)nc2cc1S)c1ccccc1. The molecule has 0 saturated heterocycles. The number of aromatic nitrogens is 2. The Balaban J connectivity index is 1.20. The lowest BCUT2D eigenvalue weighted by atomic mass is 9.92. The normalized spacial score (nSPS) is 12.6. The molecule has 2 aromatic heterocycles. The average Bonchev–Trinajstić information content (AvgIpc) is 3.75. The largest absolute Gasteiger partial charge is 0.375 e. The van der Waals surface area contributed by atoms with Crippen molar-refractivity contribution in [3.63, 3.8) is 0 Å². The van der Waals surface area contributed by atoms with Crippen LogP contribution in [0.3, 0.4) is 0 Å². The minimum Gasteiger partial charge on any atom is -0.375 e. The molecule has 6 aromatic carbocycles. The number of thiazole rings is 2. The summed E-state index contributed by atoms with van der Waals surface area (Å²) < 4.78 is 2.21. The van der Waals surface area contributed by atoms with Gasteiger partial charge in [-0.15, -0.1) is 47.9 Å². The van der Waals surface area contributed by atoms with Crippen LogP contribution >= 0.6 is 47.9 Å². The number of rotatable bonds is 9. The molecule has 2 atom stereocenters. The van der Waals surface area contributed by atoms with Crippen LogP contribution in [-0.4, -0.2) is 9.97 Å². The molecule has 0 aliphatic carbocycles. The second-order valence-corrected chi connectivity index (χ2v) is 14.5. The second-order valence-electron chi connectivity index (χ2n) is 11.5. The van der Waals surface area contributed by atoms with E-state index in [-0.39, 0.29) is 12.1 Å². The van der Waals surface area contributed by atoms with Gasteiger partial charge in [-0.25, -0.2) is 9.97 Å². The van der Waals surface area contributed by atoms with E-state index in [1.807, 2.05) is 36.4 Å². The molecule has 0 amide bonds. The Morgan fingerprint density at radius 1 is 0.458 bits per heavy atom. The Kier molecular flexibility index (Phi) is 8.63. The number of fused-ring (bicyclic) bond motifs is 2. The van der Waals surface area contributed by atoms with Gasteiger partial charge in [-0.05, 0) is 35.4 Å². The number of nitrogens with zero attached hydrogens (tertiary/aromatic N) is 2. The van der Waals surface area contributed by atoms with Crippen molar-refractivity contribution in [2.45, 2.75) is 21.9 Å². The fourth-order valence-electron chi connectivity index (χ4n) is 5.94. The molecule has 234 valence electrons. The third kappa shape index (κ3) is 6.32. The van der Waals surface area contributed by atoms with Gasteiger partial charge in [0.2, 0.25) is 0 Å². The molecule has 48 heavy (non-hydrogen) atoms. The first-order valence-electron chi connectivity index (χ1n) is 15.6. The third-order valence-electron chi connectivity index (χ3n) is 8.33. The van der Waals surface area contributed by atoms with Crippen LogP contribution < -0.4 is 10.6 Å². The van der Waals surface area contributed by atoms with Gasteiger partial charge in [0.1, 0.15) is 10.0 Å². The first kappa shape index (κ1) is 30.7. The van der Waals surface area contributed by atoms with Crippen LogP contribution in [0.5, 0.6) is 0 Å². The summed E-state index contributed by atoms with van der Waals surface area (Å²) in [5, 5.41) is 9.81. The van der Waals surface area contributed by atoms with Gasteiger partial charge < -0.3 is 10.6 Å². The molecule has 0 bridgehead atoms. The third-order valence-corrected chi connectivity index (χ3v) is 11.2. The summed E-state index contributed by atoms with van der Waals surface area (Å²) >= 11 is 13.3. The lowest BCUT2D eigenvalue weighted by molar-refractivity contribution is 0.647. The first-order valence-corrected chi connectivity index (χ1v) is 18.1. The summed E-state index contributed by atoms with van der Waals surface area (Å²) in [6.45, 7) is 0. The van der Waals surface area contributed by atoms with Gasteiger partial charge in [-0.3, -0.25) is 0 Å². The van der Waals surface area contributed by atoms with Crippen LogP contribution in [-0.2, 0) is 0 Å². The zero-order valence-electron chi connectivity index (χ0n) is 25.6. The Hall–Kier alpha value is -4.60. The maximum atomic E-state index is 4.97. The number of thiol groups is 2. The maximum absolute atomic E-state index is 4.97. The smallest absolute Gasteiger partial charge is 0.124 e. The van der Waals surface area contributed by atoms with Crippen molar-refractivity contribution in [1.29, 1.82) is 0 Å². The van der Waals surface area contributed by atoms with E-state index in [0.29, 0.717) is 0 Å². The van der Waals surface area contributed by atoms with Crippen molar-refractivity contribution in [1.82, 2.24) is 9.97 Å².